The number of aryl methyl sites for hydroxylation is 1. The summed E-state index contributed by atoms with van der Waals surface area (Å²) < 4.78 is 30.7. The van der Waals surface area contributed by atoms with Gasteiger partial charge >= 0.3 is 0 Å². The van der Waals surface area contributed by atoms with Gasteiger partial charge in [0, 0.05) is 18.9 Å². The van der Waals surface area contributed by atoms with E-state index in [0.29, 0.717) is 13.2 Å². The van der Waals surface area contributed by atoms with Crippen LogP contribution in [0.3, 0.4) is 0 Å². The van der Waals surface area contributed by atoms with Gasteiger partial charge in [-0.25, -0.2) is 13.1 Å². The smallest absolute Gasteiger partial charge is 0.219 e. The van der Waals surface area contributed by atoms with Gasteiger partial charge in [-0.2, -0.15) is 0 Å². The van der Waals surface area contributed by atoms with Crippen LogP contribution < -0.4 is 4.72 Å². The second-order valence-electron chi connectivity index (χ2n) is 3.90. The van der Waals surface area contributed by atoms with Crippen molar-refractivity contribution in [2.24, 2.45) is 0 Å². The summed E-state index contributed by atoms with van der Waals surface area (Å²) in [6.07, 6.45) is 3.39. The van der Waals surface area contributed by atoms with Crippen molar-refractivity contribution in [3.63, 3.8) is 0 Å². The van der Waals surface area contributed by atoms with E-state index < -0.39 is 15.3 Å². The van der Waals surface area contributed by atoms with Crippen molar-refractivity contribution in [1.29, 1.82) is 0 Å². The standard InChI is InChI=1S/C10H14N2O3S/c1-8-2-9(4-11-3-8)5-12-16(13,14)10-6-15-7-10/h2-4,10,12H,5-7H2,1H3. The van der Waals surface area contributed by atoms with E-state index in [0.717, 1.165) is 11.1 Å². The van der Waals surface area contributed by atoms with Crippen LogP contribution in [0.1, 0.15) is 11.1 Å². The first-order valence-corrected chi connectivity index (χ1v) is 6.59. The third-order valence-electron chi connectivity index (χ3n) is 2.46. The minimum atomic E-state index is -3.24. The summed E-state index contributed by atoms with van der Waals surface area (Å²) in [6.45, 7) is 2.79. The highest BCUT2D eigenvalue weighted by Gasteiger charge is 2.31. The molecule has 0 aliphatic carbocycles. The maximum absolute atomic E-state index is 11.7. The summed E-state index contributed by atoms with van der Waals surface area (Å²) in [4.78, 5) is 4.00. The predicted molar refractivity (Wildman–Crippen MR) is 59.3 cm³/mol. The van der Waals surface area contributed by atoms with E-state index in [1.807, 2.05) is 13.0 Å². The van der Waals surface area contributed by atoms with Crippen molar-refractivity contribution in [3.8, 4) is 0 Å². The maximum Gasteiger partial charge on any atom is 0.219 e. The fraction of sp³-hybridized carbons (Fsp3) is 0.500. The minimum Gasteiger partial charge on any atom is -0.378 e. The lowest BCUT2D eigenvalue weighted by atomic mass is 10.2. The molecule has 1 aliphatic rings. The van der Waals surface area contributed by atoms with Crippen LogP contribution in [0.25, 0.3) is 0 Å². The molecule has 1 aliphatic heterocycles. The van der Waals surface area contributed by atoms with Crippen molar-refractivity contribution in [1.82, 2.24) is 9.71 Å². The first kappa shape index (κ1) is 11.5. The number of nitrogens with one attached hydrogen (secondary N) is 1. The molecule has 0 amide bonds. The third-order valence-corrected chi connectivity index (χ3v) is 4.15. The molecule has 0 unspecified atom stereocenters. The monoisotopic (exact) mass is 242 g/mol. The van der Waals surface area contributed by atoms with Gasteiger partial charge in [-0.05, 0) is 18.1 Å². The molecule has 0 saturated carbocycles. The molecule has 2 rings (SSSR count). The highest BCUT2D eigenvalue weighted by Crippen LogP contribution is 2.11. The molecule has 16 heavy (non-hydrogen) atoms. The van der Waals surface area contributed by atoms with Gasteiger partial charge in [-0.3, -0.25) is 4.98 Å². The van der Waals surface area contributed by atoms with Gasteiger partial charge in [0.1, 0.15) is 5.25 Å². The third kappa shape index (κ3) is 2.58. The number of pyridine rings is 1. The highest BCUT2D eigenvalue weighted by atomic mass is 32.2. The fourth-order valence-corrected chi connectivity index (χ4v) is 2.56. The summed E-state index contributed by atoms with van der Waals surface area (Å²) in [5, 5.41) is -0.398. The molecule has 2 heterocycles. The Balaban J connectivity index is 1.96. The zero-order valence-corrected chi connectivity index (χ0v) is 9.83. The molecule has 1 fully saturated rings. The van der Waals surface area contributed by atoms with Crippen LogP contribution in [0.2, 0.25) is 0 Å². The summed E-state index contributed by atoms with van der Waals surface area (Å²) in [5.41, 5.74) is 1.88. The predicted octanol–water partition coefficient (Wildman–Crippen LogP) is 0.208. The first-order valence-electron chi connectivity index (χ1n) is 5.05. The van der Waals surface area contributed by atoms with Crippen molar-refractivity contribution in [2.45, 2.75) is 18.7 Å². The number of nitrogens with zero attached hydrogens (tertiary/aromatic N) is 1. The maximum atomic E-state index is 11.7. The number of sulfonamides is 1. The average molecular weight is 242 g/mol. The average Bonchev–Trinajstić information content (AvgIpc) is 2.11. The van der Waals surface area contributed by atoms with Gasteiger partial charge in [-0.15, -0.1) is 0 Å². The lowest BCUT2D eigenvalue weighted by molar-refractivity contribution is 0.0411. The topological polar surface area (TPSA) is 68.3 Å². The van der Waals surface area contributed by atoms with Crippen LogP contribution in [0.15, 0.2) is 18.5 Å². The van der Waals surface area contributed by atoms with E-state index in [1.165, 1.54) is 0 Å². The minimum absolute atomic E-state index is 0.285. The highest BCUT2D eigenvalue weighted by molar-refractivity contribution is 7.90. The Morgan fingerprint density at radius 2 is 2.25 bits per heavy atom. The molecule has 0 radical (unpaired) electrons. The molecule has 0 atom stereocenters. The van der Waals surface area contributed by atoms with Crippen LogP contribution in [0, 0.1) is 6.92 Å². The second kappa shape index (κ2) is 4.48. The summed E-state index contributed by atoms with van der Waals surface area (Å²) in [5.74, 6) is 0. The lowest BCUT2D eigenvalue weighted by Gasteiger charge is -2.25. The molecule has 5 nitrogen and oxygen atoms in total. The molecule has 1 saturated heterocycles. The molecule has 0 aromatic carbocycles. The number of ether oxygens (including phenoxy) is 1. The van der Waals surface area contributed by atoms with Crippen molar-refractivity contribution < 1.29 is 13.2 Å². The van der Waals surface area contributed by atoms with E-state index in [4.69, 9.17) is 4.74 Å². The van der Waals surface area contributed by atoms with E-state index in [9.17, 15) is 8.42 Å². The Kier molecular flexibility index (Phi) is 3.22. The largest absolute Gasteiger partial charge is 0.378 e. The number of aromatic nitrogens is 1. The molecule has 1 aromatic rings. The number of rotatable bonds is 4. The Morgan fingerprint density at radius 1 is 1.50 bits per heavy atom. The molecular formula is C10H14N2O3S. The Morgan fingerprint density at radius 3 is 2.81 bits per heavy atom. The lowest BCUT2D eigenvalue weighted by Crippen LogP contribution is -2.46. The normalized spacial score (nSPS) is 17.1. The molecule has 0 bridgehead atoms. The van der Waals surface area contributed by atoms with E-state index in [-0.39, 0.29) is 6.54 Å². The molecule has 0 spiro atoms. The molecule has 1 N–H and O–H groups in total. The Bertz CT molecular complexity index is 469. The summed E-state index contributed by atoms with van der Waals surface area (Å²) in [6, 6.07) is 1.91. The van der Waals surface area contributed by atoms with Crippen LogP contribution >= 0.6 is 0 Å². The fourth-order valence-electron chi connectivity index (χ4n) is 1.41. The van der Waals surface area contributed by atoms with E-state index in [2.05, 4.69) is 9.71 Å². The Labute approximate surface area is 94.9 Å². The van der Waals surface area contributed by atoms with E-state index in [1.54, 1.807) is 12.4 Å². The molecule has 1 aromatic heterocycles. The SMILES string of the molecule is Cc1cncc(CNS(=O)(=O)C2COC2)c1. The van der Waals surface area contributed by atoms with Gasteiger partial charge in [0.2, 0.25) is 10.0 Å². The Hall–Kier alpha value is -0.980. The van der Waals surface area contributed by atoms with E-state index >= 15 is 0 Å². The summed E-state index contributed by atoms with van der Waals surface area (Å²) >= 11 is 0. The number of hydrogen-bond acceptors (Lipinski definition) is 4. The molecule has 6 heteroatoms. The van der Waals surface area contributed by atoms with Gasteiger partial charge in [0.25, 0.3) is 0 Å². The van der Waals surface area contributed by atoms with Crippen molar-refractivity contribution >= 4 is 10.0 Å². The van der Waals surface area contributed by atoms with Gasteiger partial charge in [0.15, 0.2) is 0 Å². The molecule has 88 valence electrons. The quantitative estimate of drug-likeness (QED) is 0.819. The van der Waals surface area contributed by atoms with Crippen LogP contribution in [0.4, 0.5) is 0 Å². The zero-order chi connectivity index (χ0) is 11.6. The van der Waals surface area contributed by atoms with Crippen LogP contribution in [-0.2, 0) is 21.3 Å². The van der Waals surface area contributed by atoms with Crippen molar-refractivity contribution in [2.75, 3.05) is 13.2 Å². The van der Waals surface area contributed by atoms with Gasteiger partial charge in [-0.1, -0.05) is 6.07 Å². The first-order chi connectivity index (χ1) is 7.58. The van der Waals surface area contributed by atoms with Gasteiger partial charge < -0.3 is 4.74 Å². The zero-order valence-electron chi connectivity index (χ0n) is 9.01. The second-order valence-corrected chi connectivity index (χ2v) is 5.94. The van der Waals surface area contributed by atoms with Gasteiger partial charge in [0.05, 0.1) is 13.2 Å². The molecular weight excluding hydrogens is 228 g/mol. The van der Waals surface area contributed by atoms with Crippen LogP contribution in [0.5, 0.6) is 0 Å². The summed E-state index contributed by atoms with van der Waals surface area (Å²) in [7, 11) is -3.24. The van der Waals surface area contributed by atoms with Crippen LogP contribution in [-0.4, -0.2) is 31.9 Å². The number of hydrogen-bond donors (Lipinski definition) is 1. The van der Waals surface area contributed by atoms with Crippen molar-refractivity contribution in [3.05, 3.63) is 29.6 Å².